The molecule has 0 aromatic carbocycles. The Morgan fingerprint density at radius 1 is 1.36 bits per heavy atom. The molecule has 0 fully saturated rings. The molecule has 0 bridgehead atoms. The van der Waals surface area contributed by atoms with Gasteiger partial charge in [0.2, 0.25) is 0 Å². The van der Waals surface area contributed by atoms with Gasteiger partial charge in [-0.2, -0.15) is 0 Å². The molecule has 0 saturated carbocycles. The second-order valence-corrected chi connectivity index (χ2v) is 3.73. The lowest BCUT2D eigenvalue weighted by atomic mass is 9.86. The Morgan fingerprint density at radius 2 is 2.18 bits per heavy atom. The summed E-state index contributed by atoms with van der Waals surface area (Å²) in [6.07, 6.45) is 11.4. The highest BCUT2D eigenvalue weighted by Crippen LogP contribution is 2.24. The fourth-order valence-electron chi connectivity index (χ4n) is 1.69. The molecular formula is C11H19. The summed E-state index contributed by atoms with van der Waals surface area (Å²) in [7, 11) is 0. The van der Waals surface area contributed by atoms with Crippen LogP contribution in [0.3, 0.4) is 0 Å². The van der Waals surface area contributed by atoms with Crippen molar-refractivity contribution < 1.29 is 0 Å². The SMILES string of the molecule is [CH2]C(C)C1CC=CCCCC1. The van der Waals surface area contributed by atoms with Gasteiger partial charge in [0.1, 0.15) is 0 Å². The predicted molar refractivity (Wildman–Crippen MR) is 50.2 cm³/mol. The molecule has 0 nitrogen and oxygen atoms in total. The van der Waals surface area contributed by atoms with Gasteiger partial charge < -0.3 is 0 Å². The standard InChI is InChI=1S/C11H19/c1-10(2)11-8-6-4-3-5-7-9-11/h4,6,10-11H,1,3,5,7-9H2,2H3. The maximum atomic E-state index is 4.10. The fraction of sp³-hybridized carbons (Fsp3) is 0.727. The van der Waals surface area contributed by atoms with Crippen molar-refractivity contribution in [1.29, 1.82) is 0 Å². The minimum absolute atomic E-state index is 0.623. The highest BCUT2D eigenvalue weighted by atomic mass is 14.2. The molecule has 2 atom stereocenters. The van der Waals surface area contributed by atoms with Gasteiger partial charge in [0.25, 0.3) is 0 Å². The molecule has 1 rings (SSSR count). The van der Waals surface area contributed by atoms with Crippen LogP contribution in [0.2, 0.25) is 0 Å². The smallest absolute Gasteiger partial charge is 0.0320 e. The second kappa shape index (κ2) is 4.58. The molecule has 0 heterocycles. The van der Waals surface area contributed by atoms with Crippen molar-refractivity contribution in [2.45, 2.75) is 39.0 Å². The zero-order valence-electron chi connectivity index (χ0n) is 7.55. The van der Waals surface area contributed by atoms with Crippen LogP contribution in [-0.4, -0.2) is 0 Å². The van der Waals surface area contributed by atoms with Crippen LogP contribution in [0.5, 0.6) is 0 Å². The fourth-order valence-corrected chi connectivity index (χ4v) is 1.69. The summed E-state index contributed by atoms with van der Waals surface area (Å²) in [5.74, 6) is 1.46. The van der Waals surface area contributed by atoms with E-state index in [2.05, 4.69) is 26.0 Å². The molecule has 63 valence electrons. The Balaban J connectivity index is 2.38. The van der Waals surface area contributed by atoms with Gasteiger partial charge in [-0.3, -0.25) is 0 Å². The van der Waals surface area contributed by atoms with Gasteiger partial charge in [0.15, 0.2) is 0 Å². The first-order valence-corrected chi connectivity index (χ1v) is 4.79. The Bertz CT molecular complexity index is 122. The molecule has 11 heavy (non-hydrogen) atoms. The minimum Gasteiger partial charge on any atom is -0.0885 e. The molecule has 0 heteroatoms. The summed E-state index contributed by atoms with van der Waals surface area (Å²) in [5.41, 5.74) is 0. The van der Waals surface area contributed by atoms with E-state index in [1.165, 1.54) is 32.1 Å². The number of hydrogen-bond donors (Lipinski definition) is 0. The largest absolute Gasteiger partial charge is 0.0885 e. The van der Waals surface area contributed by atoms with Gasteiger partial charge in [-0.1, -0.05) is 32.4 Å². The predicted octanol–water partition coefficient (Wildman–Crippen LogP) is 3.59. The minimum atomic E-state index is 0.623. The van der Waals surface area contributed by atoms with E-state index >= 15 is 0 Å². The van der Waals surface area contributed by atoms with E-state index in [-0.39, 0.29) is 0 Å². The van der Waals surface area contributed by atoms with Crippen LogP contribution in [0.15, 0.2) is 12.2 Å². The lowest BCUT2D eigenvalue weighted by Gasteiger charge is -2.20. The summed E-state index contributed by atoms with van der Waals surface area (Å²) in [6.45, 7) is 6.34. The van der Waals surface area contributed by atoms with Crippen molar-refractivity contribution in [3.8, 4) is 0 Å². The molecule has 0 spiro atoms. The molecule has 2 unspecified atom stereocenters. The summed E-state index contributed by atoms with van der Waals surface area (Å²) >= 11 is 0. The Morgan fingerprint density at radius 3 is 2.91 bits per heavy atom. The van der Waals surface area contributed by atoms with Crippen LogP contribution in [0.1, 0.15) is 39.0 Å². The molecule has 0 aliphatic heterocycles. The number of hydrogen-bond acceptors (Lipinski definition) is 0. The highest BCUT2D eigenvalue weighted by Gasteiger charge is 2.11. The van der Waals surface area contributed by atoms with Crippen molar-refractivity contribution in [1.82, 2.24) is 0 Å². The van der Waals surface area contributed by atoms with E-state index in [1.807, 2.05) is 0 Å². The van der Waals surface area contributed by atoms with Crippen LogP contribution in [-0.2, 0) is 0 Å². The molecule has 0 saturated heterocycles. The van der Waals surface area contributed by atoms with Crippen LogP contribution in [0, 0.1) is 18.8 Å². The number of rotatable bonds is 1. The van der Waals surface area contributed by atoms with Gasteiger partial charge in [-0.05, 0) is 37.5 Å². The maximum Gasteiger partial charge on any atom is -0.0320 e. The van der Waals surface area contributed by atoms with Gasteiger partial charge in [-0.15, -0.1) is 0 Å². The van der Waals surface area contributed by atoms with Crippen molar-refractivity contribution >= 4 is 0 Å². The lowest BCUT2D eigenvalue weighted by Crippen LogP contribution is -2.08. The zero-order valence-corrected chi connectivity index (χ0v) is 7.55. The second-order valence-electron chi connectivity index (χ2n) is 3.73. The Labute approximate surface area is 70.7 Å². The normalized spacial score (nSPS) is 26.6. The number of allylic oxidation sites excluding steroid dienone is 2. The Hall–Kier alpha value is -0.260. The summed E-state index contributed by atoms with van der Waals surface area (Å²) < 4.78 is 0. The first-order valence-electron chi connectivity index (χ1n) is 4.79. The zero-order chi connectivity index (χ0) is 8.10. The molecule has 1 aliphatic rings. The summed E-state index contributed by atoms with van der Waals surface area (Å²) in [5, 5.41) is 0. The maximum absolute atomic E-state index is 4.10. The molecule has 1 radical (unpaired) electrons. The van der Waals surface area contributed by atoms with Crippen LogP contribution in [0.25, 0.3) is 0 Å². The molecule has 0 aromatic heterocycles. The van der Waals surface area contributed by atoms with Crippen LogP contribution < -0.4 is 0 Å². The third-order valence-corrected chi connectivity index (χ3v) is 2.61. The molecule has 1 aliphatic carbocycles. The third kappa shape index (κ3) is 3.09. The first kappa shape index (κ1) is 8.83. The average molecular weight is 151 g/mol. The quantitative estimate of drug-likeness (QED) is 0.502. The van der Waals surface area contributed by atoms with E-state index in [1.54, 1.807) is 0 Å². The van der Waals surface area contributed by atoms with Gasteiger partial charge in [0.05, 0.1) is 0 Å². The average Bonchev–Trinajstić information content (AvgIpc) is 1.84. The van der Waals surface area contributed by atoms with Crippen molar-refractivity contribution in [2.75, 3.05) is 0 Å². The van der Waals surface area contributed by atoms with Crippen molar-refractivity contribution in [2.24, 2.45) is 11.8 Å². The van der Waals surface area contributed by atoms with E-state index in [9.17, 15) is 0 Å². The molecule has 0 amide bonds. The highest BCUT2D eigenvalue weighted by molar-refractivity contribution is 4.87. The van der Waals surface area contributed by atoms with Crippen molar-refractivity contribution in [3.63, 3.8) is 0 Å². The molecule has 0 aromatic rings. The van der Waals surface area contributed by atoms with Gasteiger partial charge >= 0.3 is 0 Å². The monoisotopic (exact) mass is 151 g/mol. The van der Waals surface area contributed by atoms with Gasteiger partial charge in [-0.25, -0.2) is 0 Å². The topological polar surface area (TPSA) is 0 Å². The van der Waals surface area contributed by atoms with Gasteiger partial charge in [0, 0.05) is 0 Å². The van der Waals surface area contributed by atoms with E-state index in [0.29, 0.717) is 5.92 Å². The molecular weight excluding hydrogens is 132 g/mol. The lowest BCUT2D eigenvalue weighted by molar-refractivity contribution is 0.373. The van der Waals surface area contributed by atoms with Crippen LogP contribution in [0.4, 0.5) is 0 Å². The van der Waals surface area contributed by atoms with Crippen molar-refractivity contribution in [3.05, 3.63) is 19.1 Å². The van der Waals surface area contributed by atoms with E-state index in [0.717, 1.165) is 5.92 Å². The molecule has 0 N–H and O–H groups in total. The Kier molecular flexibility index (Phi) is 3.68. The first-order chi connectivity index (χ1) is 5.30. The third-order valence-electron chi connectivity index (χ3n) is 2.61. The van der Waals surface area contributed by atoms with Crippen LogP contribution >= 0.6 is 0 Å². The van der Waals surface area contributed by atoms with E-state index < -0.39 is 0 Å². The van der Waals surface area contributed by atoms with E-state index in [4.69, 9.17) is 0 Å². The summed E-state index contributed by atoms with van der Waals surface area (Å²) in [4.78, 5) is 0. The summed E-state index contributed by atoms with van der Waals surface area (Å²) in [6, 6.07) is 0.